The fourth-order valence-electron chi connectivity index (χ4n) is 5.21. The number of halogens is 1. The molecule has 0 radical (unpaired) electrons. The second-order valence-corrected chi connectivity index (χ2v) is 7.19. The maximum atomic E-state index is 5.98. The molecule has 4 bridgehead atoms. The van der Waals surface area contributed by atoms with Gasteiger partial charge in [0.05, 0.1) is 0 Å². The maximum absolute atomic E-state index is 5.98. The summed E-state index contributed by atoms with van der Waals surface area (Å²) in [6.07, 6.45) is 8.71. The number of rotatable bonds is 4. The summed E-state index contributed by atoms with van der Waals surface area (Å²) in [5, 5.41) is 0. The molecule has 0 unspecified atom stereocenters. The van der Waals surface area contributed by atoms with Gasteiger partial charge >= 0.3 is 0 Å². The summed E-state index contributed by atoms with van der Waals surface area (Å²) >= 11 is 0. The molecule has 1 aromatic carbocycles. The molecule has 5 rings (SSSR count). The van der Waals surface area contributed by atoms with Crippen LogP contribution in [0.4, 0.5) is 0 Å². The van der Waals surface area contributed by atoms with Crippen LogP contribution in [-0.2, 0) is 11.4 Å². The van der Waals surface area contributed by atoms with E-state index in [1.165, 1.54) is 44.1 Å². The highest BCUT2D eigenvalue weighted by Crippen LogP contribution is 2.54. The molecule has 0 heterocycles. The molecule has 3 heteroatoms. The van der Waals surface area contributed by atoms with E-state index in [1.807, 2.05) is 0 Å². The molecule has 1 aromatic rings. The van der Waals surface area contributed by atoms with Gasteiger partial charge in [-0.05, 0) is 42.6 Å². The van der Waals surface area contributed by atoms with Gasteiger partial charge in [0, 0.05) is 19.3 Å². The zero-order valence-corrected chi connectivity index (χ0v) is 12.7. The van der Waals surface area contributed by atoms with Crippen molar-refractivity contribution in [2.75, 3.05) is 0 Å². The highest BCUT2D eigenvalue weighted by Gasteiger charge is 2.54. The van der Waals surface area contributed by atoms with Crippen molar-refractivity contribution in [2.45, 2.75) is 50.7 Å². The lowest BCUT2D eigenvalue weighted by Gasteiger charge is -2.53. The van der Waals surface area contributed by atoms with Crippen molar-refractivity contribution in [1.29, 1.82) is 0 Å². The van der Waals surface area contributed by atoms with E-state index in [2.05, 4.69) is 35.8 Å². The van der Waals surface area contributed by atoms with Crippen LogP contribution in [0.15, 0.2) is 30.3 Å². The Bertz CT molecular complexity index is 412. The highest BCUT2D eigenvalue weighted by molar-refractivity contribution is 5.13. The van der Waals surface area contributed by atoms with E-state index in [-0.39, 0.29) is 12.4 Å². The fraction of sp³-hybridized carbons (Fsp3) is 0.647. The topological polar surface area (TPSA) is 25.8 Å². The lowest BCUT2D eigenvalue weighted by atomic mass is 9.53. The molecule has 2 N–H and O–H groups in total. The van der Waals surface area contributed by atoms with Crippen molar-refractivity contribution in [3.05, 3.63) is 35.9 Å². The molecule has 2 nitrogen and oxygen atoms in total. The van der Waals surface area contributed by atoms with Crippen molar-refractivity contribution >= 4 is 0 Å². The van der Waals surface area contributed by atoms with Crippen molar-refractivity contribution in [1.82, 2.24) is 0 Å². The lowest BCUT2D eigenvalue weighted by molar-refractivity contribution is -0.952. The number of hydroxylamine groups is 1. The van der Waals surface area contributed by atoms with Crippen LogP contribution in [0.3, 0.4) is 0 Å². The summed E-state index contributed by atoms with van der Waals surface area (Å²) in [7, 11) is 0. The highest BCUT2D eigenvalue weighted by atomic mass is 35.5. The van der Waals surface area contributed by atoms with E-state index in [1.54, 1.807) is 0 Å². The summed E-state index contributed by atoms with van der Waals surface area (Å²) in [4.78, 5) is 5.98. The first-order chi connectivity index (χ1) is 9.31. The molecule has 0 aliphatic heterocycles. The van der Waals surface area contributed by atoms with Crippen LogP contribution in [-0.4, -0.2) is 5.54 Å². The van der Waals surface area contributed by atoms with Crippen LogP contribution in [0.5, 0.6) is 0 Å². The Balaban J connectivity index is 0.00000121. The minimum atomic E-state index is 0. The predicted molar refractivity (Wildman–Crippen MR) is 74.1 cm³/mol. The standard InChI is InChI=1S/C17H23NO.ClH/c1-2-4-13(5-3-1)12-19-18-17-9-14-6-15(10-17)8-16(7-14)11-17;/h1-5,14-16,18H,6-12H2;1H. The lowest BCUT2D eigenvalue weighted by Crippen LogP contribution is -3.00. The summed E-state index contributed by atoms with van der Waals surface area (Å²) in [5.41, 5.74) is 3.96. The number of benzene rings is 1. The summed E-state index contributed by atoms with van der Waals surface area (Å²) < 4.78 is 0. The van der Waals surface area contributed by atoms with Gasteiger partial charge < -0.3 is 12.4 Å². The largest absolute Gasteiger partial charge is 1.00 e. The van der Waals surface area contributed by atoms with E-state index in [4.69, 9.17) is 4.84 Å². The third kappa shape index (κ3) is 2.74. The molecular weight excluding hydrogens is 270 g/mol. The van der Waals surface area contributed by atoms with Gasteiger partial charge in [0.25, 0.3) is 0 Å². The Morgan fingerprint density at radius 1 is 0.950 bits per heavy atom. The van der Waals surface area contributed by atoms with Crippen LogP contribution in [0.25, 0.3) is 0 Å². The fourth-order valence-corrected chi connectivity index (χ4v) is 5.21. The van der Waals surface area contributed by atoms with Gasteiger partial charge in [-0.3, -0.25) is 0 Å². The average Bonchev–Trinajstić information content (AvgIpc) is 2.38. The van der Waals surface area contributed by atoms with Gasteiger partial charge in [-0.25, -0.2) is 4.84 Å². The summed E-state index contributed by atoms with van der Waals surface area (Å²) in [6.45, 7) is 0.739. The first-order valence-electron chi connectivity index (χ1n) is 7.81. The Hall–Kier alpha value is -0.570. The van der Waals surface area contributed by atoms with Crippen LogP contribution in [0, 0.1) is 17.8 Å². The molecule has 0 aromatic heterocycles. The average molecular weight is 294 g/mol. The van der Waals surface area contributed by atoms with Crippen LogP contribution in [0.1, 0.15) is 44.1 Å². The minimum absolute atomic E-state index is 0. The van der Waals surface area contributed by atoms with Crippen molar-refractivity contribution in [3.8, 4) is 0 Å². The SMILES string of the molecule is [Cl-].c1ccc(CO[NH2+]C23CC4CC(CC(C4)C2)C3)cc1. The molecular formula is C17H24ClNO. The van der Waals surface area contributed by atoms with E-state index in [0.29, 0.717) is 5.54 Å². The van der Waals surface area contributed by atoms with Gasteiger partial charge in [-0.1, -0.05) is 30.3 Å². The quantitative estimate of drug-likeness (QED) is 0.755. The predicted octanol–water partition coefficient (Wildman–Crippen LogP) is -0.346. The second kappa shape index (κ2) is 5.67. The van der Waals surface area contributed by atoms with E-state index in [0.717, 1.165) is 24.4 Å². The Kier molecular flexibility index (Phi) is 4.07. The second-order valence-electron chi connectivity index (χ2n) is 7.19. The number of quaternary nitrogens is 1. The first kappa shape index (κ1) is 14.4. The van der Waals surface area contributed by atoms with Crippen LogP contribution in [0.2, 0.25) is 0 Å². The van der Waals surface area contributed by atoms with Gasteiger partial charge in [0.2, 0.25) is 0 Å². The Morgan fingerprint density at radius 3 is 2.05 bits per heavy atom. The molecule has 4 aliphatic carbocycles. The van der Waals surface area contributed by atoms with E-state index < -0.39 is 0 Å². The Morgan fingerprint density at radius 2 is 1.50 bits per heavy atom. The maximum Gasteiger partial charge on any atom is 0.131 e. The normalized spacial score (nSPS) is 37.7. The summed E-state index contributed by atoms with van der Waals surface area (Å²) in [6, 6.07) is 10.5. The van der Waals surface area contributed by atoms with Gasteiger partial charge in [0.1, 0.15) is 12.1 Å². The monoisotopic (exact) mass is 293 g/mol. The number of nitrogens with two attached hydrogens (primary N) is 1. The summed E-state index contributed by atoms with van der Waals surface area (Å²) in [5.74, 6) is 3.01. The molecule has 4 fully saturated rings. The Labute approximate surface area is 127 Å². The third-order valence-corrected chi connectivity index (χ3v) is 5.51. The van der Waals surface area contributed by atoms with Crippen LogP contribution < -0.4 is 17.9 Å². The molecule has 0 saturated heterocycles. The number of hydrogen-bond acceptors (Lipinski definition) is 1. The van der Waals surface area contributed by atoms with Crippen molar-refractivity contribution < 1.29 is 22.7 Å². The van der Waals surface area contributed by atoms with Gasteiger partial charge in [0.15, 0.2) is 0 Å². The first-order valence-corrected chi connectivity index (χ1v) is 7.81. The van der Waals surface area contributed by atoms with E-state index >= 15 is 0 Å². The van der Waals surface area contributed by atoms with Crippen molar-refractivity contribution in [2.24, 2.45) is 17.8 Å². The molecule has 4 aliphatic rings. The molecule has 0 amide bonds. The van der Waals surface area contributed by atoms with Gasteiger partial charge in [-0.2, -0.15) is 5.48 Å². The molecule has 110 valence electrons. The molecule has 0 spiro atoms. The van der Waals surface area contributed by atoms with Crippen molar-refractivity contribution in [3.63, 3.8) is 0 Å². The molecule has 4 saturated carbocycles. The van der Waals surface area contributed by atoms with Crippen LogP contribution >= 0.6 is 0 Å². The zero-order valence-electron chi connectivity index (χ0n) is 11.9. The molecule has 0 atom stereocenters. The van der Waals surface area contributed by atoms with E-state index in [9.17, 15) is 0 Å². The zero-order chi connectivity index (χ0) is 12.7. The third-order valence-electron chi connectivity index (χ3n) is 5.51. The van der Waals surface area contributed by atoms with Gasteiger partial charge in [-0.15, -0.1) is 0 Å². The molecule has 20 heavy (non-hydrogen) atoms. The number of hydrogen-bond donors (Lipinski definition) is 1. The smallest absolute Gasteiger partial charge is 0.131 e. The minimum Gasteiger partial charge on any atom is -1.00 e.